The van der Waals surface area contributed by atoms with E-state index >= 15 is 0 Å². The smallest absolute Gasteiger partial charge is 0.324 e. The average molecular weight is 481 g/mol. The number of carbonyl (C=O) groups excluding carboxylic acids is 2. The van der Waals surface area contributed by atoms with Gasteiger partial charge in [0.25, 0.3) is 0 Å². The summed E-state index contributed by atoms with van der Waals surface area (Å²) < 4.78 is 16.6. The second-order valence-electron chi connectivity index (χ2n) is 6.71. The minimum absolute atomic E-state index is 0.0758. The van der Waals surface area contributed by atoms with E-state index in [9.17, 15) is 9.59 Å². The highest BCUT2D eigenvalue weighted by Crippen LogP contribution is 2.34. The highest BCUT2D eigenvalue weighted by atomic mass is 35.5. The van der Waals surface area contributed by atoms with Crippen LogP contribution in [-0.4, -0.2) is 41.7 Å². The summed E-state index contributed by atoms with van der Waals surface area (Å²) in [5.74, 6) is 1.21. The van der Waals surface area contributed by atoms with Gasteiger partial charge < -0.3 is 19.5 Å². The van der Waals surface area contributed by atoms with Gasteiger partial charge in [-0.05, 0) is 60.0 Å². The van der Waals surface area contributed by atoms with Gasteiger partial charge in [0, 0.05) is 0 Å². The van der Waals surface area contributed by atoms with Crippen molar-refractivity contribution in [3.05, 3.63) is 53.6 Å². The number of esters is 1. The summed E-state index contributed by atoms with van der Waals surface area (Å²) in [6.45, 7) is 0. The fourth-order valence-electron chi connectivity index (χ4n) is 3.03. The molecule has 2 aromatic carbocycles. The Kier molecular flexibility index (Phi) is 8.14. The first-order valence-corrected chi connectivity index (χ1v) is 11.0. The molecule has 2 N–H and O–H groups in total. The molecule has 31 heavy (non-hydrogen) atoms. The SMILES string of the molecule is COC(=O)[C@H](Cc1ccc(Oc2ccc(CC3SC(=S)NC3=O)cc2OC)cc1)NCl. The van der Waals surface area contributed by atoms with Crippen molar-refractivity contribution in [2.45, 2.75) is 24.1 Å². The van der Waals surface area contributed by atoms with Crippen LogP contribution in [0.3, 0.4) is 0 Å². The molecular formula is C21H21ClN2O5S2. The van der Waals surface area contributed by atoms with Crippen molar-refractivity contribution in [3.8, 4) is 17.2 Å². The summed E-state index contributed by atoms with van der Waals surface area (Å²) >= 11 is 12.0. The van der Waals surface area contributed by atoms with Gasteiger partial charge in [-0.15, -0.1) is 0 Å². The maximum Gasteiger partial charge on any atom is 0.324 e. The molecule has 7 nitrogen and oxygen atoms in total. The highest BCUT2D eigenvalue weighted by molar-refractivity contribution is 8.24. The Labute approximate surface area is 194 Å². The van der Waals surface area contributed by atoms with Crippen LogP contribution in [0.25, 0.3) is 0 Å². The van der Waals surface area contributed by atoms with E-state index in [0.29, 0.717) is 34.4 Å². The maximum absolute atomic E-state index is 11.9. The van der Waals surface area contributed by atoms with Crippen molar-refractivity contribution < 1.29 is 23.8 Å². The number of thiocarbonyl (C=S) groups is 1. The van der Waals surface area contributed by atoms with Gasteiger partial charge in [-0.2, -0.15) is 0 Å². The first kappa shape index (κ1) is 23.3. The van der Waals surface area contributed by atoms with E-state index in [-0.39, 0.29) is 11.2 Å². The van der Waals surface area contributed by atoms with Crippen molar-refractivity contribution in [3.63, 3.8) is 0 Å². The zero-order chi connectivity index (χ0) is 22.4. The third-order valence-electron chi connectivity index (χ3n) is 4.62. The second kappa shape index (κ2) is 10.8. The van der Waals surface area contributed by atoms with Gasteiger partial charge in [0.2, 0.25) is 5.91 Å². The lowest BCUT2D eigenvalue weighted by Crippen LogP contribution is -2.33. The first-order valence-electron chi connectivity index (χ1n) is 9.32. The van der Waals surface area contributed by atoms with E-state index in [0.717, 1.165) is 11.1 Å². The molecular weight excluding hydrogens is 460 g/mol. The molecule has 2 aromatic rings. The molecule has 0 aromatic heterocycles. The third kappa shape index (κ3) is 6.10. The van der Waals surface area contributed by atoms with Crippen LogP contribution in [0, 0.1) is 0 Å². The van der Waals surface area contributed by atoms with Gasteiger partial charge >= 0.3 is 5.97 Å². The zero-order valence-corrected chi connectivity index (χ0v) is 19.2. The highest BCUT2D eigenvalue weighted by Gasteiger charge is 2.29. The minimum Gasteiger partial charge on any atom is -0.493 e. The molecule has 1 heterocycles. The van der Waals surface area contributed by atoms with Gasteiger partial charge in [-0.25, -0.2) is 4.84 Å². The van der Waals surface area contributed by atoms with Crippen LogP contribution in [0.2, 0.25) is 0 Å². The number of halogens is 1. The summed E-state index contributed by atoms with van der Waals surface area (Å²) in [7, 11) is 2.88. The standard InChI is InChI=1S/C21H21ClN2O5S2/c1-27-17-10-13(11-18-19(25)23-21(30)31-18)5-8-16(17)29-14-6-3-12(4-7-14)9-15(24-22)20(26)28-2/h3-8,10,15,18,24H,9,11H2,1-2H3,(H,23,25,30)/t15-,18?/m0/s1. The summed E-state index contributed by atoms with van der Waals surface area (Å²) in [5.41, 5.74) is 1.84. The lowest BCUT2D eigenvalue weighted by atomic mass is 10.1. The van der Waals surface area contributed by atoms with E-state index < -0.39 is 12.0 Å². The largest absolute Gasteiger partial charge is 0.493 e. The average Bonchev–Trinajstić information content (AvgIpc) is 3.09. The van der Waals surface area contributed by atoms with Crippen LogP contribution < -0.4 is 19.6 Å². The number of rotatable bonds is 9. The van der Waals surface area contributed by atoms with Crippen molar-refractivity contribution in [2.24, 2.45) is 0 Å². The Hall–Kier alpha value is -2.33. The molecule has 2 atom stereocenters. The predicted molar refractivity (Wildman–Crippen MR) is 124 cm³/mol. The lowest BCUT2D eigenvalue weighted by molar-refractivity contribution is -0.142. The first-order chi connectivity index (χ1) is 14.9. The van der Waals surface area contributed by atoms with Gasteiger partial charge in [0.1, 0.15) is 16.1 Å². The third-order valence-corrected chi connectivity index (χ3v) is 6.26. The molecule has 0 spiro atoms. The molecule has 1 amide bonds. The number of methoxy groups -OCH3 is 2. The van der Waals surface area contributed by atoms with Crippen LogP contribution in [0.1, 0.15) is 11.1 Å². The molecule has 10 heteroatoms. The maximum atomic E-state index is 11.9. The number of nitrogens with one attached hydrogen (secondary N) is 2. The van der Waals surface area contributed by atoms with E-state index in [1.54, 1.807) is 19.2 Å². The van der Waals surface area contributed by atoms with Crippen LogP contribution in [0.15, 0.2) is 42.5 Å². The summed E-state index contributed by atoms with van der Waals surface area (Å²) in [6.07, 6.45) is 0.919. The quantitative estimate of drug-likeness (QED) is 0.321. The van der Waals surface area contributed by atoms with Gasteiger partial charge in [-0.3, -0.25) is 9.59 Å². The summed E-state index contributed by atoms with van der Waals surface area (Å²) in [5, 5.41) is 2.41. The van der Waals surface area contributed by atoms with Crippen LogP contribution in [0.4, 0.5) is 0 Å². The van der Waals surface area contributed by atoms with Gasteiger partial charge in [0.15, 0.2) is 11.5 Å². The van der Waals surface area contributed by atoms with Gasteiger partial charge in [0.05, 0.1) is 19.5 Å². The number of ether oxygens (including phenoxy) is 3. The van der Waals surface area contributed by atoms with Crippen LogP contribution in [-0.2, 0) is 27.2 Å². The van der Waals surface area contributed by atoms with E-state index in [1.165, 1.54) is 18.9 Å². The number of carbonyl (C=O) groups is 2. The zero-order valence-electron chi connectivity index (χ0n) is 16.8. The predicted octanol–water partition coefficient (Wildman–Crippen LogP) is 3.37. The molecule has 1 saturated heterocycles. The van der Waals surface area contributed by atoms with Gasteiger partial charge in [-0.1, -0.05) is 42.2 Å². The minimum atomic E-state index is -0.638. The Balaban J connectivity index is 1.67. The molecule has 1 fully saturated rings. The molecule has 1 aliphatic heterocycles. The van der Waals surface area contributed by atoms with Crippen LogP contribution in [0.5, 0.6) is 17.2 Å². The number of hydrogen-bond donors (Lipinski definition) is 2. The Morgan fingerprint density at radius 2 is 1.90 bits per heavy atom. The Morgan fingerprint density at radius 1 is 1.19 bits per heavy atom. The number of thioether (sulfide) groups is 1. The molecule has 0 saturated carbocycles. The molecule has 164 valence electrons. The normalized spacial score (nSPS) is 16.5. The molecule has 3 rings (SSSR count). The molecule has 0 aliphatic carbocycles. The molecule has 1 aliphatic rings. The summed E-state index contributed by atoms with van der Waals surface area (Å²) in [6, 6.07) is 12.2. The number of benzene rings is 2. The molecule has 0 bridgehead atoms. The van der Waals surface area contributed by atoms with Crippen molar-refractivity contribution in [1.82, 2.24) is 10.2 Å². The lowest BCUT2D eigenvalue weighted by Gasteiger charge is -2.14. The number of amides is 1. The Bertz CT molecular complexity index is 971. The van der Waals surface area contributed by atoms with Crippen molar-refractivity contribution in [2.75, 3.05) is 14.2 Å². The topological polar surface area (TPSA) is 85.9 Å². The number of hydrogen-bond acceptors (Lipinski definition) is 8. The van der Waals surface area contributed by atoms with Crippen molar-refractivity contribution >= 4 is 52.0 Å². The molecule has 0 radical (unpaired) electrons. The van der Waals surface area contributed by atoms with E-state index in [4.69, 9.17) is 38.2 Å². The fourth-order valence-corrected chi connectivity index (χ4v) is 4.50. The molecule has 1 unspecified atom stereocenters. The van der Waals surface area contributed by atoms with E-state index in [1.807, 2.05) is 30.3 Å². The fraction of sp³-hybridized carbons (Fsp3) is 0.286. The monoisotopic (exact) mass is 480 g/mol. The Morgan fingerprint density at radius 3 is 2.48 bits per heavy atom. The van der Waals surface area contributed by atoms with E-state index in [2.05, 4.69) is 10.2 Å². The van der Waals surface area contributed by atoms with Crippen LogP contribution >= 0.6 is 35.8 Å². The van der Waals surface area contributed by atoms with Crippen molar-refractivity contribution in [1.29, 1.82) is 0 Å². The second-order valence-corrected chi connectivity index (χ2v) is 8.81. The summed E-state index contributed by atoms with van der Waals surface area (Å²) in [4.78, 5) is 26.0.